The largest absolute Gasteiger partial charge is 0.478 e. The number of urea groups is 1. The molecule has 114 valence electrons. The minimum Gasteiger partial charge on any atom is -0.478 e. The number of rotatable bonds is 5. The molecule has 0 aliphatic rings. The Morgan fingerprint density at radius 1 is 1.38 bits per heavy atom. The van der Waals surface area contributed by atoms with Gasteiger partial charge in [0.15, 0.2) is 0 Å². The molecule has 0 atom stereocenters. The van der Waals surface area contributed by atoms with E-state index in [2.05, 4.69) is 26.0 Å². The van der Waals surface area contributed by atoms with Crippen LogP contribution >= 0.6 is 15.9 Å². The highest BCUT2D eigenvalue weighted by Crippen LogP contribution is 2.21. The predicted molar refractivity (Wildman–Crippen MR) is 79.4 cm³/mol. The highest BCUT2D eigenvalue weighted by atomic mass is 79.9. The van der Waals surface area contributed by atoms with Crippen LogP contribution in [0.4, 0.5) is 10.5 Å². The number of carboxylic acids is 1. The van der Waals surface area contributed by atoms with Gasteiger partial charge in [-0.1, -0.05) is 15.9 Å². The van der Waals surface area contributed by atoms with Crippen molar-refractivity contribution in [3.8, 4) is 0 Å². The lowest BCUT2D eigenvalue weighted by Crippen LogP contribution is -2.39. The Kier molecular flexibility index (Phi) is 6.16. The summed E-state index contributed by atoms with van der Waals surface area (Å²) in [4.78, 5) is 35.6. The van der Waals surface area contributed by atoms with Gasteiger partial charge in [0.25, 0.3) is 0 Å². The zero-order valence-electron chi connectivity index (χ0n) is 11.6. The second-order valence-corrected chi connectivity index (χ2v) is 4.93. The number of anilines is 1. The standard InChI is InChI=1S/C13H15BrN2O5/c1-3-16(7-11(17)21-2)13(20)15-10-5-4-8(14)6-9(10)12(18)19/h4-6H,3,7H2,1-2H3,(H,15,20)(H,18,19). The first-order valence-electron chi connectivity index (χ1n) is 6.04. The lowest BCUT2D eigenvalue weighted by molar-refractivity contribution is -0.141. The Hall–Kier alpha value is -2.09. The topological polar surface area (TPSA) is 95.9 Å². The number of carbonyl (C=O) groups excluding carboxylic acids is 2. The van der Waals surface area contributed by atoms with Crippen LogP contribution < -0.4 is 5.32 Å². The molecule has 0 bridgehead atoms. The summed E-state index contributed by atoms with van der Waals surface area (Å²) in [5.74, 6) is -1.72. The van der Waals surface area contributed by atoms with E-state index in [0.29, 0.717) is 4.47 Å². The quantitative estimate of drug-likeness (QED) is 0.786. The smallest absolute Gasteiger partial charge is 0.337 e. The van der Waals surface area contributed by atoms with Gasteiger partial charge < -0.3 is 20.1 Å². The zero-order valence-corrected chi connectivity index (χ0v) is 13.1. The third kappa shape index (κ3) is 4.75. The normalized spacial score (nSPS) is 9.86. The number of hydrogen-bond acceptors (Lipinski definition) is 4. The van der Waals surface area contributed by atoms with E-state index in [1.54, 1.807) is 13.0 Å². The maximum absolute atomic E-state index is 12.1. The molecule has 0 unspecified atom stereocenters. The number of nitrogens with zero attached hydrogens (tertiary/aromatic N) is 1. The van der Waals surface area contributed by atoms with Gasteiger partial charge in [-0.15, -0.1) is 0 Å². The number of methoxy groups -OCH3 is 1. The van der Waals surface area contributed by atoms with Crippen LogP contribution in [-0.4, -0.2) is 48.2 Å². The molecule has 0 aliphatic heterocycles. The molecule has 2 N–H and O–H groups in total. The molecule has 8 heteroatoms. The molecule has 0 saturated heterocycles. The van der Waals surface area contributed by atoms with Gasteiger partial charge in [-0.2, -0.15) is 0 Å². The number of nitrogens with one attached hydrogen (secondary N) is 1. The van der Waals surface area contributed by atoms with Gasteiger partial charge >= 0.3 is 18.0 Å². The van der Waals surface area contributed by atoms with Crippen LogP contribution in [-0.2, 0) is 9.53 Å². The van der Waals surface area contributed by atoms with Gasteiger partial charge in [-0.3, -0.25) is 4.79 Å². The van der Waals surface area contributed by atoms with Crippen LogP contribution in [0.25, 0.3) is 0 Å². The van der Waals surface area contributed by atoms with Gasteiger partial charge in [-0.25, -0.2) is 9.59 Å². The van der Waals surface area contributed by atoms with Crippen molar-refractivity contribution in [2.45, 2.75) is 6.92 Å². The highest BCUT2D eigenvalue weighted by molar-refractivity contribution is 9.10. The lowest BCUT2D eigenvalue weighted by atomic mass is 10.2. The summed E-state index contributed by atoms with van der Waals surface area (Å²) in [6.45, 7) is 1.76. The minimum absolute atomic E-state index is 0.0492. The molecular weight excluding hydrogens is 344 g/mol. The molecule has 7 nitrogen and oxygen atoms in total. The summed E-state index contributed by atoms with van der Waals surface area (Å²) < 4.78 is 5.08. The van der Waals surface area contributed by atoms with Gasteiger partial charge in [0.2, 0.25) is 0 Å². The van der Waals surface area contributed by atoms with Gasteiger partial charge in [0.1, 0.15) is 6.54 Å². The molecule has 0 heterocycles. The van der Waals surface area contributed by atoms with E-state index in [-0.39, 0.29) is 24.3 Å². The number of carboxylic acid groups (broad SMARTS) is 1. The third-order valence-corrected chi connectivity index (χ3v) is 3.16. The van der Waals surface area contributed by atoms with E-state index >= 15 is 0 Å². The van der Waals surface area contributed by atoms with E-state index < -0.39 is 18.0 Å². The monoisotopic (exact) mass is 358 g/mol. The van der Waals surface area contributed by atoms with Gasteiger partial charge in [-0.05, 0) is 25.1 Å². The van der Waals surface area contributed by atoms with Crippen LogP contribution in [0.3, 0.4) is 0 Å². The maximum Gasteiger partial charge on any atom is 0.337 e. The number of amides is 2. The van der Waals surface area contributed by atoms with E-state index in [4.69, 9.17) is 5.11 Å². The second-order valence-electron chi connectivity index (χ2n) is 4.02. The fourth-order valence-electron chi connectivity index (χ4n) is 1.54. The number of hydrogen-bond donors (Lipinski definition) is 2. The molecule has 21 heavy (non-hydrogen) atoms. The zero-order chi connectivity index (χ0) is 16.0. The van der Waals surface area contributed by atoms with Crippen molar-refractivity contribution in [3.05, 3.63) is 28.2 Å². The Labute approximate surface area is 130 Å². The first kappa shape index (κ1) is 17.0. The van der Waals surface area contributed by atoms with Crippen LogP contribution in [0, 0.1) is 0 Å². The van der Waals surface area contributed by atoms with Crippen LogP contribution in [0.1, 0.15) is 17.3 Å². The number of benzene rings is 1. The average Bonchev–Trinajstić information content (AvgIpc) is 2.45. The molecule has 1 rings (SSSR count). The minimum atomic E-state index is -1.16. The summed E-state index contributed by atoms with van der Waals surface area (Å²) in [6.07, 6.45) is 0. The van der Waals surface area contributed by atoms with Crippen molar-refractivity contribution < 1.29 is 24.2 Å². The highest BCUT2D eigenvalue weighted by Gasteiger charge is 2.18. The van der Waals surface area contributed by atoms with Gasteiger partial charge in [0.05, 0.1) is 18.4 Å². The lowest BCUT2D eigenvalue weighted by Gasteiger charge is -2.20. The van der Waals surface area contributed by atoms with Crippen molar-refractivity contribution in [1.29, 1.82) is 0 Å². The fourth-order valence-corrected chi connectivity index (χ4v) is 1.91. The summed E-state index contributed by atoms with van der Waals surface area (Å²) in [6, 6.07) is 3.89. The van der Waals surface area contributed by atoms with E-state index in [1.807, 2.05) is 0 Å². The van der Waals surface area contributed by atoms with Gasteiger partial charge in [0, 0.05) is 11.0 Å². The molecule has 2 amide bonds. The van der Waals surface area contributed by atoms with E-state index in [9.17, 15) is 14.4 Å². The molecule has 0 aliphatic carbocycles. The molecule has 1 aromatic carbocycles. The first-order chi connectivity index (χ1) is 9.88. The number of ether oxygens (including phenoxy) is 1. The number of likely N-dealkylation sites (N-methyl/N-ethyl adjacent to an activating group) is 1. The van der Waals surface area contributed by atoms with Crippen molar-refractivity contribution in [3.63, 3.8) is 0 Å². The molecule has 0 fully saturated rings. The summed E-state index contributed by atoms with van der Waals surface area (Å²) in [5, 5.41) is 11.6. The average molecular weight is 359 g/mol. The second kappa shape index (κ2) is 7.63. The molecule has 0 radical (unpaired) electrons. The number of carbonyl (C=O) groups is 3. The molecule has 0 saturated carbocycles. The fraction of sp³-hybridized carbons (Fsp3) is 0.308. The van der Waals surface area contributed by atoms with Crippen LogP contribution in [0.5, 0.6) is 0 Å². The van der Waals surface area contributed by atoms with Crippen molar-refractivity contribution in [1.82, 2.24) is 4.90 Å². The number of aromatic carboxylic acids is 1. The number of halogens is 1. The van der Waals surface area contributed by atoms with E-state index in [0.717, 1.165) is 0 Å². The Balaban J connectivity index is 2.91. The molecular formula is C13H15BrN2O5. The Bertz CT molecular complexity index is 561. The molecule has 1 aromatic rings. The third-order valence-electron chi connectivity index (χ3n) is 2.67. The molecule has 0 aromatic heterocycles. The number of esters is 1. The maximum atomic E-state index is 12.1. The summed E-state index contributed by atoms with van der Waals surface area (Å²) >= 11 is 3.17. The Morgan fingerprint density at radius 3 is 2.57 bits per heavy atom. The van der Waals surface area contributed by atoms with Crippen LogP contribution in [0.15, 0.2) is 22.7 Å². The van der Waals surface area contributed by atoms with Crippen molar-refractivity contribution in [2.75, 3.05) is 25.5 Å². The summed E-state index contributed by atoms with van der Waals surface area (Å²) in [5.41, 5.74) is 0.103. The first-order valence-corrected chi connectivity index (χ1v) is 6.84. The van der Waals surface area contributed by atoms with E-state index in [1.165, 1.54) is 24.1 Å². The predicted octanol–water partition coefficient (Wildman–Crippen LogP) is 2.17. The van der Waals surface area contributed by atoms with Crippen molar-refractivity contribution >= 4 is 39.6 Å². The summed E-state index contributed by atoms with van der Waals surface area (Å²) in [7, 11) is 1.23. The van der Waals surface area contributed by atoms with Crippen LogP contribution in [0.2, 0.25) is 0 Å². The van der Waals surface area contributed by atoms with Crippen molar-refractivity contribution in [2.24, 2.45) is 0 Å². The molecule has 0 spiro atoms. The SMILES string of the molecule is CCN(CC(=O)OC)C(=O)Nc1ccc(Br)cc1C(=O)O. The Morgan fingerprint density at radius 2 is 2.05 bits per heavy atom.